The lowest BCUT2D eigenvalue weighted by atomic mass is 10.1. The van der Waals surface area contributed by atoms with Gasteiger partial charge in [-0.1, -0.05) is 47.5 Å². The van der Waals surface area contributed by atoms with E-state index in [1.165, 1.54) is 0 Å². The molecule has 0 unspecified atom stereocenters. The first kappa shape index (κ1) is 17.6. The summed E-state index contributed by atoms with van der Waals surface area (Å²) in [5.41, 5.74) is 2.39. The summed E-state index contributed by atoms with van der Waals surface area (Å²) in [5, 5.41) is 8.24. The Morgan fingerprint density at radius 3 is 2.68 bits per heavy atom. The monoisotopic (exact) mass is 377 g/mol. The largest absolute Gasteiger partial charge is 0.419 e. The van der Waals surface area contributed by atoms with E-state index in [1.807, 2.05) is 31.2 Å². The summed E-state index contributed by atoms with van der Waals surface area (Å²) < 4.78 is 32.3. The zero-order chi connectivity index (χ0) is 17.9. The Morgan fingerprint density at radius 2 is 1.92 bits per heavy atom. The second-order valence-corrected chi connectivity index (χ2v) is 7.76. The molecule has 3 rings (SSSR count). The predicted octanol–water partition coefficient (Wildman–Crippen LogP) is 3.32. The van der Waals surface area contributed by atoms with Crippen LogP contribution in [-0.4, -0.2) is 18.6 Å². The first-order valence-corrected chi connectivity index (χ1v) is 9.56. The SMILES string of the molecule is Cc1cccc(-c2nnc(CNS(=O)(=O)Cc3ccccc3Cl)o2)c1. The molecule has 6 nitrogen and oxygen atoms in total. The lowest BCUT2D eigenvalue weighted by molar-refractivity contribution is 0.494. The van der Waals surface area contributed by atoms with Crippen LogP contribution in [0.2, 0.25) is 5.02 Å². The van der Waals surface area contributed by atoms with Crippen molar-refractivity contribution in [1.29, 1.82) is 0 Å². The van der Waals surface area contributed by atoms with Crippen LogP contribution in [0.25, 0.3) is 11.5 Å². The lowest BCUT2D eigenvalue weighted by Crippen LogP contribution is -2.25. The van der Waals surface area contributed by atoms with Crippen molar-refractivity contribution in [3.8, 4) is 11.5 Å². The van der Waals surface area contributed by atoms with Crippen molar-refractivity contribution in [3.05, 3.63) is 70.6 Å². The van der Waals surface area contributed by atoms with Crippen LogP contribution in [0.3, 0.4) is 0 Å². The highest BCUT2D eigenvalue weighted by molar-refractivity contribution is 7.88. The van der Waals surface area contributed by atoms with Crippen molar-refractivity contribution in [3.63, 3.8) is 0 Å². The van der Waals surface area contributed by atoms with Gasteiger partial charge in [0.05, 0.1) is 12.3 Å². The first-order chi connectivity index (χ1) is 11.9. The van der Waals surface area contributed by atoms with Crippen LogP contribution in [0.15, 0.2) is 52.9 Å². The minimum Gasteiger partial charge on any atom is -0.419 e. The summed E-state index contributed by atoms with van der Waals surface area (Å²) in [4.78, 5) is 0. The van der Waals surface area contributed by atoms with Gasteiger partial charge in [-0.15, -0.1) is 10.2 Å². The highest BCUT2D eigenvalue weighted by Crippen LogP contribution is 2.19. The maximum Gasteiger partial charge on any atom is 0.247 e. The van der Waals surface area contributed by atoms with E-state index in [-0.39, 0.29) is 18.2 Å². The normalized spacial score (nSPS) is 11.6. The van der Waals surface area contributed by atoms with Crippen LogP contribution in [0.5, 0.6) is 0 Å². The number of aromatic nitrogens is 2. The predicted molar refractivity (Wildman–Crippen MR) is 95.4 cm³/mol. The van der Waals surface area contributed by atoms with Gasteiger partial charge in [0.1, 0.15) is 0 Å². The molecular weight excluding hydrogens is 362 g/mol. The van der Waals surface area contributed by atoms with E-state index in [1.54, 1.807) is 24.3 Å². The van der Waals surface area contributed by atoms with Gasteiger partial charge in [0.15, 0.2) is 0 Å². The first-order valence-electron chi connectivity index (χ1n) is 7.53. The fourth-order valence-electron chi connectivity index (χ4n) is 2.26. The van der Waals surface area contributed by atoms with Crippen molar-refractivity contribution in [2.75, 3.05) is 0 Å². The molecule has 0 radical (unpaired) electrons. The van der Waals surface area contributed by atoms with Crippen LogP contribution in [-0.2, 0) is 22.3 Å². The number of rotatable bonds is 6. The minimum absolute atomic E-state index is 0.0778. The van der Waals surface area contributed by atoms with E-state index >= 15 is 0 Å². The van der Waals surface area contributed by atoms with Gasteiger partial charge >= 0.3 is 0 Å². The number of nitrogens with zero attached hydrogens (tertiary/aromatic N) is 2. The number of aryl methyl sites for hydroxylation is 1. The van der Waals surface area contributed by atoms with Gasteiger partial charge in [0, 0.05) is 10.6 Å². The van der Waals surface area contributed by atoms with Gasteiger partial charge in [0.2, 0.25) is 21.8 Å². The van der Waals surface area contributed by atoms with Crippen molar-refractivity contribution < 1.29 is 12.8 Å². The summed E-state index contributed by atoms with van der Waals surface area (Å²) in [7, 11) is -3.58. The number of sulfonamides is 1. The molecule has 1 aromatic heterocycles. The van der Waals surface area contributed by atoms with Crippen molar-refractivity contribution >= 4 is 21.6 Å². The van der Waals surface area contributed by atoms with Crippen LogP contribution >= 0.6 is 11.6 Å². The standard InChI is InChI=1S/C17H16ClN3O3S/c1-12-5-4-7-13(9-12)17-21-20-16(24-17)10-19-25(22,23)11-14-6-2-3-8-15(14)18/h2-9,19H,10-11H2,1H3. The third-order valence-corrected chi connectivity index (χ3v) is 5.12. The Kier molecular flexibility index (Phi) is 5.17. The van der Waals surface area contributed by atoms with E-state index < -0.39 is 10.0 Å². The van der Waals surface area contributed by atoms with E-state index in [0.29, 0.717) is 16.5 Å². The summed E-state index contributed by atoms with van der Waals surface area (Å²) in [5.74, 6) is 0.328. The summed E-state index contributed by atoms with van der Waals surface area (Å²) >= 11 is 6.00. The number of benzene rings is 2. The second kappa shape index (κ2) is 7.35. The molecule has 130 valence electrons. The third kappa shape index (κ3) is 4.66. The molecule has 0 bridgehead atoms. The zero-order valence-electron chi connectivity index (χ0n) is 13.4. The Balaban J connectivity index is 1.66. The summed E-state index contributed by atoms with van der Waals surface area (Å²) in [6.07, 6.45) is 0. The highest BCUT2D eigenvalue weighted by Gasteiger charge is 2.16. The molecule has 1 N–H and O–H groups in total. The Hall–Kier alpha value is -2.22. The van der Waals surface area contributed by atoms with Crippen molar-refractivity contribution in [2.45, 2.75) is 19.2 Å². The molecule has 0 saturated carbocycles. The molecule has 1 heterocycles. The molecule has 0 aliphatic rings. The summed E-state index contributed by atoms with van der Waals surface area (Å²) in [6, 6.07) is 14.4. The Bertz CT molecular complexity index is 986. The molecule has 2 aromatic carbocycles. The highest BCUT2D eigenvalue weighted by atomic mass is 35.5. The van der Waals surface area contributed by atoms with Gasteiger partial charge in [-0.2, -0.15) is 0 Å². The maximum atomic E-state index is 12.2. The lowest BCUT2D eigenvalue weighted by Gasteiger charge is -2.06. The van der Waals surface area contributed by atoms with Crippen molar-refractivity contribution in [2.24, 2.45) is 0 Å². The van der Waals surface area contributed by atoms with Gasteiger partial charge in [-0.05, 0) is 30.7 Å². The maximum absolute atomic E-state index is 12.2. The third-order valence-electron chi connectivity index (χ3n) is 3.48. The second-order valence-electron chi connectivity index (χ2n) is 5.54. The molecular formula is C17H16ClN3O3S. The van der Waals surface area contributed by atoms with Gasteiger partial charge < -0.3 is 4.42 Å². The molecule has 0 amide bonds. The molecule has 0 fully saturated rings. The zero-order valence-corrected chi connectivity index (χ0v) is 15.0. The fourth-order valence-corrected chi connectivity index (χ4v) is 3.65. The van der Waals surface area contributed by atoms with E-state index in [9.17, 15) is 8.42 Å². The van der Waals surface area contributed by atoms with E-state index in [4.69, 9.17) is 16.0 Å². The fraction of sp³-hybridized carbons (Fsp3) is 0.176. The van der Waals surface area contributed by atoms with Gasteiger partial charge in [-0.3, -0.25) is 0 Å². The van der Waals surface area contributed by atoms with E-state index in [0.717, 1.165) is 11.1 Å². The number of hydrogen-bond donors (Lipinski definition) is 1. The van der Waals surface area contributed by atoms with Crippen LogP contribution in [0.4, 0.5) is 0 Å². The van der Waals surface area contributed by atoms with Crippen LogP contribution in [0.1, 0.15) is 17.0 Å². The molecule has 8 heteroatoms. The number of hydrogen-bond acceptors (Lipinski definition) is 5. The Morgan fingerprint density at radius 1 is 1.12 bits per heavy atom. The van der Waals surface area contributed by atoms with Crippen molar-refractivity contribution in [1.82, 2.24) is 14.9 Å². The topological polar surface area (TPSA) is 85.1 Å². The average molecular weight is 378 g/mol. The molecule has 0 atom stereocenters. The average Bonchev–Trinajstić information content (AvgIpc) is 3.04. The number of nitrogens with one attached hydrogen (secondary N) is 1. The quantitative estimate of drug-likeness (QED) is 0.712. The molecule has 0 saturated heterocycles. The molecule has 3 aromatic rings. The van der Waals surface area contributed by atoms with Gasteiger partial charge in [0.25, 0.3) is 0 Å². The molecule has 0 aliphatic carbocycles. The van der Waals surface area contributed by atoms with Gasteiger partial charge in [-0.25, -0.2) is 13.1 Å². The minimum atomic E-state index is -3.58. The molecule has 0 spiro atoms. The van der Waals surface area contributed by atoms with Crippen LogP contribution < -0.4 is 4.72 Å². The molecule has 25 heavy (non-hydrogen) atoms. The number of halogens is 1. The molecule has 0 aliphatic heterocycles. The summed E-state index contributed by atoms with van der Waals surface area (Å²) in [6.45, 7) is 1.88. The van der Waals surface area contributed by atoms with E-state index in [2.05, 4.69) is 14.9 Å². The Labute approximate surface area is 150 Å². The van der Waals surface area contributed by atoms with Crippen LogP contribution in [0, 0.1) is 6.92 Å². The smallest absolute Gasteiger partial charge is 0.247 e.